The number of thiazole rings is 1. The number of hydrogen-bond acceptors (Lipinski definition) is 5. The van der Waals surface area contributed by atoms with E-state index in [4.69, 9.17) is 4.42 Å². The van der Waals surface area contributed by atoms with Gasteiger partial charge in [0.1, 0.15) is 5.76 Å². The van der Waals surface area contributed by atoms with Crippen LogP contribution in [0.15, 0.2) is 65.1 Å². The van der Waals surface area contributed by atoms with E-state index >= 15 is 0 Å². The Labute approximate surface area is 153 Å². The van der Waals surface area contributed by atoms with Crippen LogP contribution in [0.25, 0.3) is 21.5 Å². The number of nitrogens with one attached hydrogen (secondary N) is 1. The van der Waals surface area contributed by atoms with E-state index in [9.17, 15) is 9.59 Å². The topological polar surface area (TPSA) is 72.2 Å². The fourth-order valence-corrected chi connectivity index (χ4v) is 3.43. The smallest absolute Gasteiger partial charge is 0.293 e. The van der Waals surface area contributed by atoms with Gasteiger partial charge in [0.25, 0.3) is 5.91 Å². The minimum absolute atomic E-state index is 0.00639. The van der Waals surface area contributed by atoms with E-state index in [1.54, 1.807) is 36.4 Å². The van der Waals surface area contributed by atoms with Crippen LogP contribution in [-0.2, 0) is 0 Å². The largest absolute Gasteiger partial charge is 0.451 e. The van der Waals surface area contributed by atoms with Gasteiger partial charge < -0.3 is 4.42 Å². The molecule has 0 unspecified atom stereocenters. The highest BCUT2D eigenvalue weighted by Crippen LogP contribution is 2.27. The maximum absolute atomic E-state index is 12.4. The molecule has 2 heterocycles. The fraction of sp³-hybridized carbons (Fsp3) is 0.0500. The predicted octanol–water partition coefficient (Wildman–Crippen LogP) is 5.01. The number of carbonyl (C=O) groups is 2. The lowest BCUT2D eigenvalue weighted by Gasteiger charge is -2.00. The number of ketones is 1. The van der Waals surface area contributed by atoms with Gasteiger partial charge in [-0.25, -0.2) is 4.98 Å². The van der Waals surface area contributed by atoms with Crippen LogP contribution >= 0.6 is 11.3 Å². The van der Waals surface area contributed by atoms with Crippen molar-refractivity contribution >= 4 is 38.4 Å². The highest BCUT2D eigenvalue weighted by atomic mass is 32.1. The van der Waals surface area contributed by atoms with Crippen molar-refractivity contribution in [2.24, 2.45) is 0 Å². The summed E-state index contributed by atoms with van der Waals surface area (Å²) in [5.41, 5.74) is 2.28. The Balaban J connectivity index is 1.53. The highest BCUT2D eigenvalue weighted by molar-refractivity contribution is 7.22. The molecule has 0 aliphatic rings. The number of carbonyl (C=O) groups excluding carboxylic acids is 2. The Morgan fingerprint density at radius 1 is 1.00 bits per heavy atom. The van der Waals surface area contributed by atoms with Crippen molar-refractivity contribution in [3.05, 3.63) is 72.0 Å². The maximum atomic E-state index is 12.4. The molecule has 1 amide bonds. The van der Waals surface area contributed by atoms with Crippen LogP contribution < -0.4 is 5.32 Å². The highest BCUT2D eigenvalue weighted by Gasteiger charge is 2.14. The lowest BCUT2D eigenvalue weighted by atomic mass is 10.1. The number of fused-ring (bicyclic) bond motifs is 1. The average Bonchev–Trinajstić information content (AvgIpc) is 3.28. The molecule has 0 bridgehead atoms. The quantitative estimate of drug-likeness (QED) is 0.518. The van der Waals surface area contributed by atoms with Gasteiger partial charge in [0.2, 0.25) is 0 Å². The predicted molar refractivity (Wildman–Crippen MR) is 102 cm³/mol. The zero-order valence-electron chi connectivity index (χ0n) is 13.9. The van der Waals surface area contributed by atoms with Gasteiger partial charge in [-0.05, 0) is 31.2 Å². The Bertz CT molecular complexity index is 1080. The van der Waals surface area contributed by atoms with Crippen molar-refractivity contribution in [1.82, 2.24) is 4.98 Å². The number of Topliss-reactive ketones (excluding diaryl/α,β-unsaturated/α-hetero) is 1. The van der Waals surface area contributed by atoms with Crippen LogP contribution in [-0.4, -0.2) is 16.7 Å². The second-order valence-corrected chi connectivity index (χ2v) is 6.77. The molecule has 2 aromatic carbocycles. The number of furan rings is 1. The van der Waals surface area contributed by atoms with Crippen LogP contribution in [0.4, 0.5) is 5.13 Å². The molecule has 0 aliphatic heterocycles. The van der Waals surface area contributed by atoms with Crippen LogP contribution in [0, 0.1) is 0 Å². The zero-order chi connectivity index (χ0) is 18.1. The average molecular weight is 362 g/mol. The number of benzene rings is 2. The van der Waals surface area contributed by atoms with E-state index in [2.05, 4.69) is 10.3 Å². The molecule has 5 nitrogen and oxygen atoms in total. The van der Waals surface area contributed by atoms with E-state index in [0.717, 1.165) is 15.8 Å². The first-order valence-electron chi connectivity index (χ1n) is 7.98. The van der Waals surface area contributed by atoms with Crippen molar-refractivity contribution in [3.63, 3.8) is 0 Å². The second-order valence-electron chi connectivity index (χ2n) is 5.74. The van der Waals surface area contributed by atoms with Crippen LogP contribution in [0.1, 0.15) is 27.8 Å². The molecule has 0 atom stereocenters. The first-order valence-corrected chi connectivity index (χ1v) is 8.80. The molecule has 26 heavy (non-hydrogen) atoms. The van der Waals surface area contributed by atoms with Gasteiger partial charge >= 0.3 is 0 Å². The standard InChI is InChI=1S/C20H14N2O3S/c1-12(23)13-6-8-14(9-7-13)16-10-11-17(25-16)19(24)22-20-21-15-4-2-3-5-18(15)26-20/h2-11H,1H3,(H,21,22,24). The molecule has 0 spiro atoms. The van der Waals surface area contributed by atoms with Gasteiger partial charge in [-0.1, -0.05) is 47.7 Å². The molecule has 0 aliphatic carbocycles. The molecule has 0 saturated heterocycles. The first kappa shape index (κ1) is 16.2. The number of anilines is 1. The summed E-state index contributed by atoms with van der Waals surface area (Å²) in [4.78, 5) is 28.1. The molecule has 128 valence electrons. The number of para-hydroxylation sites is 1. The summed E-state index contributed by atoms with van der Waals surface area (Å²) in [7, 11) is 0. The van der Waals surface area contributed by atoms with Crippen molar-refractivity contribution in [1.29, 1.82) is 0 Å². The van der Waals surface area contributed by atoms with Crippen molar-refractivity contribution in [3.8, 4) is 11.3 Å². The Kier molecular flexibility index (Phi) is 4.10. The molecule has 4 rings (SSSR count). The van der Waals surface area contributed by atoms with Gasteiger partial charge in [-0.2, -0.15) is 0 Å². The van der Waals surface area contributed by atoms with Crippen LogP contribution in [0.5, 0.6) is 0 Å². The number of amides is 1. The minimum Gasteiger partial charge on any atom is -0.451 e. The van der Waals surface area contributed by atoms with Crippen molar-refractivity contribution < 1.29 is 14.0 Å². The van der Waals surface area contributed by atoms with Gasteiger partial charge in [-0.3, -0.25) is 14.9 Å². The number of aromatic nitrogens is 1. The van der Waals surface area contributed by atoms with Gasteiger partial charge in [0.15, 0.2) is 16.7 Å². The Morgan fingerprint density at radius 3 is 2.50 bits per heavy atom. The zero-order valence-corrected chi connectivity index (χ0v) is 14.7. The SMILES string of the molecule is CC(=O)c1ccc(-c2ccc(C(=O)Nc3nc4ccccc4s3)o2)cc1. The minimum atomic E-state index is -0.351. The molecule has 1 N–H and O–H groups in total. The van der Waals surface area contributed by atoms with Gasteiger partial charge in [-0.15, -0.1) is 0 Å². The summed E-state index contributed by atoms with van der Waals surface area (Å²) in [5, 5.41) is 3.29. The summed E-state index contributed by atoms with van der Waals surface area (Å²) < 4.78 is 6.67. The first-order chi connectivity index (χ1) is 12.6. The summed E-state index contributed by atoms with van der Waals surface area (Å²) in [5.74, 6) is 0.423. The lowest BCUT2D eigenvalue weighted by molar-refractivity contribution is 0.0994. The molecule has 0 saturated carbocycles. The van der Waals surface area contributed by atoms with E-state index in [-0.39, 0.29) is 17.5 Å². The fourth-order valence-electron chi connectivity index (χ4n) is 2.57. The Hall–Kier alpha value is -3.25. The third kappa shape index (κ3) is 3.14. The van der Waals surface area contributed by atoms with Gasteiger partial charge in [0.05, 0.1) is 10.2 Å². The summed E-state index contributed by atoms with van der Waals surface area (Å²) in [6, 6.07) is 18.1. The molecule has 4 aromatic rings. The third-order valence-corrected chi connectivity index (χ3v) is 4.87. The number of rotatable bonds is 4. The van der Waals surface area contributed by atoms with Crippen LogP contribution in [0.3, 0.4) is 0 Å². The summed E-state index contributed by atoms with van der Waals surface area (Å²) in [6.07, 6.45) is 0. The van der Waals surface area contributed by atoms with E-state index in [1.165, 1.54) is 18.3 Å². The molecular weight excluding hydrogens is 348 g/mol. The Morgan fingerprint density at radius 2 is 1.77 bits per heavy atom. The normalized spacial score (nSPS) is 10.8. The molecule has 0 radical (unpaired) electrons. The number of hydrogen-bond donors (Lipinski definition) is 1. The second kappa shape index (κ2) is 6.57. The number of nitrogens with zero attached hydrogens (tertiary/aromatic N) is 1. The van der Waals surface area contributed by atoms with E-state index < -0.39 is 0 Å². The van der Waals surface area contributed by atoms with Crippen LogP contribution in [0.2, 0.25) is 0 Å². The maximum Gasteiger partial charge on any atom is 0.293 e. The molecule has 2 aromatic heterocycles. The monoisotopic (exact) mass is 362 g/mol. The summed E-state index contributed by atoms with van der Waals surface area (Å²) >= 11 is 1.41. The lowest BCUT2D eigenvalue weighted by Crippen LogP contribution is -2.10. The van der Waals surface area contributed by atoms with Gasteiger partial charge in [0, 0.05) is 11.1 Å². The van der Waals surface area contributed by atoms with Crippen molar-refractivity contribution in [2.45, 2.75) is 6.92 Å². The molecule has 6 heteroatoms. The van der Waals surface area contributed by atoms with E-state index in [0.29, 0.717) is 16.5 Å². The summed E-state index contributed by atoms with van der Waals surface area (Å²) in [6.45, 7) is 1.52. The molecular formula is C20H14N2O3S. The molecule has 0 fully saturated rings. The van der Waals surface area contributed by atoms with Crippen molar-refractivity contribution in [2.75, 3.05) is 5.32 Å². The third-order valence-electron chi connectivity index (χ3n) is 3.92. The van der Waals surface area contributed by atoms with E-state index in [1.807, 2.05) is 24.3 Å².